The Morgan fingerprint density at radius 1 is 1.45 bits per heavy atom. The Labute approximate surface area is 72.9 Å². The monoisotopic (exact) mass is 173 g/mol. The smallest absolute Gasteiger partial charge is 0.123 e. The van der Waals surface area contributed by atoms with Gasteiger partial charge in [-0.15, -0.1) is 0 Å². The highest BCUT2D eigenvalue weighted by molar-refractivity contribution is 7.59. The summed E-state index contributed by atoms with van der Waals surface area (Å²) >= 11 is 0. The van der Waals surface area contributed by atoms with Crippen LogP contribution >= 0.6 is 13.5 Å². The summed E-state index contributed by atoms with van der Waals surface area (Å²) < 4.78 is 12.5. The third kappa shape index (κ3) is 2.91. The molecule has 0 fully saturated rings. The molecule has 2 N–H and O–H groups in total. The van der Waals surface area contributed by atoms with Crippen LogP contribution in [0.5, 0.6) is 0 Å². The zero-order valence-corrected chi connectivity index (χ0v) is 7.34. The summed E-state index contributed by atoms with van der Waals surface area (Å²) in [5.74, 6) is -0.227. The Kier molecular flexibility index (Phi) is 4.15. The van der Waals surface area contributed by atoms with Crippen LogP contribution in [0.25, 0.3) is 0 Å². The van der Waals surface area contributed by atoms with E-state index in [0.29, 0.717) is 0 Å². The van der Waals surface area contributed by atoms with Crippen LogP contribution in [0.4, 0.5) is 4.39 Å². The molecule has 0 bridgehead atoms. The van der Waals surface area contributed by atoms with E-state index in [1.807, 2.05) is 13.0 Å². The molecular weight excluding hydrogens is 161 g/mol. The molecule has 0 unspecified atom stereocenters. The van der Waals surface area contributed by atoms with Crippen molar-refractivity contribution in [3.05, 3.63) is 35.6 Å². The molecule has 1 nitrogen and oxygen atoms in total. The van der Waals surface area contributed by atoms with Gasteiger partial charge in [-0.1, -0.05) is 12.1 Å². The van der Waals surface area contributed by atoms with E-state index < -0.39 is 0 Å². The van der Waals surface area contributed by atoms with E-state index in [-0.39, 0.29) is 25.4 Å². The van der Waals surface area contributed by atoms with E-state index in [9.17, 15) is 4.39 Å². The summed E-state index contributed by atoms with van der Waals surface area (Å²) in [7, 11) is 0. The second-order valence-corrected chi connectivity index (χ2v) is 2.34. The topological polar surface area (TPSA) is 26.0 Å². The van der Waals surface area contributed by atoms with Gasteiger partial charge in [0, 0.05) is 6.04 Å². The predicted molar refractivity (Wildman–Crippen MR) is 49.4 cm³/mol. The Morgan fingerprint density at radius 2 is 2.09 bits per heavy atom. The van der Waals surface area contributed by atoms with Crippen LogP contribution in [0, 0.1) is 5.82 Å². The van der Waals surface area contributed by atoms with Crippen molar-refractivity contribution in [3.8, 4) is 0 Å². The molecule has 0 heterocycles. The molecule has 0 amide bonds. The fraction of sp³-hybridized carbons (Fsp3) is 0.250. The maximum absolute atomic E-state index is 12.5. The summed E-state index contributed by atoms with van der Waals surface area (Å²) in [5.41, 5.74) is 6.35. The zero-order chi connectivity index (χ0) is 7.56. The molecule has 1 aromatic carbocycles. The highest BCUT2D eigenvalue weighted by atomic mass is 32.1. The third-order valence-corrected chi connectivity index (χ3v) is 1.37. The summed E-state index contributed by atoms with van der Waals surface area (Å²) in [6.07, 6.45) is 0. The van der Waals surface area contributed by atoms with Gasteiger partial charge in [0.2, 0.25) is 0 Å². The first kappa shape index (κ1) is 10.5. The Bertz CT molecular complexity index is 225. The van der Waals surface area contributed by atoms with Gasteiger partial charge in [-0.05, 0) is 24.6 Å². The van der Waals surface area contributed by atoms with Gasteiger partial charge in [-0.2, -0.15) is 13.5 Å². The average Bonchev–Trinajstić information content (AvgIpc) is 1.88. The molecule has 0 saturated heterocycles. The first-order valence-electron chi connectivity index (χ1n) is 3.21. The first-order chi connectivity index (χ1) is 4.70. The van der Waals surface area contributed by atoms with E-state index >= 15 is 0 Å². The van der Waals surface area contributed by atoms with E-state index in [0.717, 1.165) is 5.56 Å². The number of hydrogen-bond acceptors (Lipinski definition) is 1. The molecule has 1 atom stereocenters. The Balaban J connectivity index is 0.000001000. The van der Waals surface area contributed by atoms with Crippen molar-refractivity contribution >= 4 is 13.5 Å². The third-order valence-electron chi connectivity index (χ3n) is 1.37. The minimum absolute atomic E-state index is 0. The van der Waals surface area contributed by atoms with Crippen LogP contribution in [0.3, 0.4) is 0 Å². The summed E-state index contributed by atoms with van der Waals surface area (Å²) in [4.78, 5) is 0. The molecule has 1 aromatic rings. The maximum atomic E-state index is 12.5. The Hall–Kier alpha value is -0.540. The van der Waals surface area contributed by atoms with Crippen molar-refractivity contribution in [1.82, 2.24) is 0 Å². The van der Waals surface area contributed by atoms with Gasteiger partial charge in [0.1, 0.15) is 5.82 Å². The van der Waals surface area contributed by atoms with Gasteiger partial charge in [0.15, 0.2) is 0 Å². The SMILES string of the molecule is C[C@H](N)c1cccc(F)c1.S. The fourth-order valence-electron chi connectivity index (χ4n) is 0.790. The van der Waals surface area contributed by atoms with E-state index in [2.05, 4.69) is 0 Å². The van der Waals surface area contributed by atoms with Gasteiger partial charge >= 0.3 is 0 Å². The van der Waals surface area contributed by atoms with Gasteiger partial charge in [-0.3, -0.25) is 0 Å². The number of rotatable bonds is 1. The molecule has 0 radical (unpaired) electrons. The Morgan fingerprint density at radius 3 is 2.45 bits per heavy atom. The molecule has 3 heteroatoms. The molecule has 0 aliphatic rings. The van der Waals surface area contributed by atoms with E-state index in [4.69, 9.17) is 5.73 Å². The molecule has 62 valence electrons. The summed E-state index contributed by atoms with van der Waals surface area (Å²) in [6.45, 7) is 1.83. The lowest BCUT2D eigenvalue weighted by Gasteiger charge is -2.03. The fourth-order valence-corrected chi connectivity index (χ4v) is 0.790. The molecule has 0 saturated carbocycles. The number of hydrogen-bond donors (Lipinski definition) is 1. The maximum Gasteiger partial charge on any atom is 0.123 e. The number of halogens is 1. The largest absolute Gasteiger partial charge is 0.324 e. The molecule has 0 aromatic heterocycles. The quantitative estimate of drug-likeness (QED) is 0.690. The normalized spacial score (nSPS) is 11.9. The highest BCUT2D eigenvalue weighted by Crippen LogP contribution is 2.09. The summed E-state index contributed by atoms with van der Waals surface area (Å²) in [5, 5.41) is 0. The van der Waals surface area contributed by atoms with Crippen LogP contribution in [0.2, 0.25) is 0 Å². The first-order valence-corrected chi connectivity index (χ1v) is 3.21. The van der Waals surface area contributed by atoms with Gasteiger partial charge in [0.25, 0.3) is 0 Å². The van der Waals surface area contributed by atoms with Crippen molar-refractivity contribution < 1.29 is 4.39 Å². The average molecular weight is 173 g/mol. The standard InChI is InChI=1S/C8H10FN.H2S/c1-6(10)7-3-2-4-8(9)5-7;/h2-6H,10H2,1H3;1H2/t6-;/m0./s1. The summed E-state index contributed by atoms with van der Waals surface area (Å²) in [6, 6.07) is 6.24. The van der Waals surface area contributed by atoms with Crippen molar-refractivity contribution in [2.75, 3.05) is 0 Å². The van der Waals surface area contributed by atoms with E-state index in [1.54, 1.807) is 6.07 Å². The molecule has 0 aliphatic carbocycles. The molecular formula is C8H12FNS. The lowest BCUT2D eigenvalue weighted by Crippen LogP contribution is -2.04. The van der Waals surface area contributed by atoms with E-state index in [1.165, 1.54) is 12.1 Å². The van der Waals surface area contributed by atoms with Crippen LogP contribution in [-0.4, -0.2) is 0 Å². The van der Waals surface area contributed by atoms with Crippen LogP contribution in [-0.2, 0) is 0 Å². The lowest BCUT2D eigenvalue weighted by atomic mass is 10.1. The van der Waals surface area contributed by atoms with Crippen LogP contribution < -0.4 is 5.73 Å². The van der Waals surface area contributed by atoms with Crippen molar-refractivity contribution in [3.63, 3.8) is 0 Å². The van der Waals surface area contributed by atoms with Gasteiger partial charge < -0.3 is 5.73 Å². The molecule has 11 heavy (non-hydrogen) atoms. The molecule has 0 aliphatic heterocycles. The van der Waals surface area contributed by atoms with Crippen LogP contribution in [0.1, 0.15) is 18.5 Å². The second-order valence-electron chi connectivity index (χ2n) is 2.34. The zero-order valence-electron chi connectivity index (χ0n) is 6.34. The van der Waals surface area contributed by atoms with Crippen molar-refractivity contribution in [2.45, 2.75) is 13.0 Å². The van der Waals surface area contributed by atoms with Crippen LogP contribution in [0.15, 0.2) is 24.3 Å². The molecule has 1 rings (SSSR count). The predicted octanol–water partition coefficient (Wildman–Crippen LogP) is 1.96. The lowest BCUT2D eigenvalue weighted by molar-refractivity contribution is 0.622. The van der Waals surface area contributed by atoms with Crippen molar-refractivity contribution in [1.29, 1.82) is 0 Å². The number of benzene rings is 1. The highest BCUT2D eigenvalue weighted by Gasteiger charge is 1.98. The van der Waals surface area contributed by atoms with Crippen molar-refractivity contribution in [2.24, 2.45) is 5.73 Å². The minimum Gasteiger partial charge on any atom is -0.324 e. The minimum atomic E-state index is -0.227. The number of nitrogens with two attached hydrogens (primary N) is 1. The van der Waals surface area contributed by atoms with Gasteiger partial charge in [0.05, 0.1) is 0 Å². The molecule has 0 spiro atoms. The van der Waals surface area contributed by atoms with Gasteiger partial charge in [-0.25, -0.2) is 4.39 Å². The second kappa shape index (κ2) is 4.36.